The Hall–Kier alpha value is -1.19. The summed E-state index contributed by atoms with van der Waals surface area (Å²) in [6.45, 7) is 8.23. The van der Waals surface area contributed by atoms with Crippen LogP contribution in [0.25, 0.3) is 0 Å². The molecule has 292 valence electrons. The van der Waals surface area contributed by atoms with Gasteiger partial charge in [0.05, 0.1) is 0 Å². The summed E-state index contributed by atoms with van der Waals surface area (Å²) in [6.07, 6.45) is 11.8. The Morgan fingerprint density at radius 3 is 0.875 bits per heavy atom. The number of unbranched alkanes of at least 4 members (excludes halogenated alkanes) is 13. The van der Waals surface area contributed by atoms with Crippen molar-refractivity contribution in [1.29, 1.82) is 0 Å². The molecule has 0 atom stereocenters. The van der Waals surface area contributed by atoms with E-state index in [4.69, 9.17) is 0 Å². The second kappa shape index (κ2) is 19.4. The summed E-state index contributed by atoms with van der Waals surface area (Å²) in [5.41, 5.74) is 0. The lowest BCUT2D eigenvalue weighted by molar-refractivity contribution is -0.462. The van der Waals surface area contributed by atoms with Gasteiger partial charge >= 0.3 is 47.6 Å². The van der Waals surface area contributed by atoms with Crippen LogP contribution in [-0.4, -0.2) is 47.6 Å². The molecule has 0 aliphatic carbocycles. The van der Waals surface area contributed by atoms with Crippen molar-refractivity contribution in [3.8, 4) is 0 Å². The Morgan fingerprint density at radius 2 is 0.604 bits per heavy atom. The summed E-state index contributed by atoms with van der Waals surface area (Å²) < 4.78 is 219. The molecular formula is C31H49F17. The fourth-order valence-electron chi connectivity index (χ4n) is 4.58. The summed E-state index contributed by atoms with van der Waals surface area (Å²) in [4.78, 5) is 0. The third-order valence-corrected chi connectivity index (χ3v) is 7.59. The van der Waals surface area contributed by atoms with Crippen LogP contribution in [0.3, 0.4) is 0 Å². The van der Waals surface area contributed by atoms with Crippen LogP contribution >= 0.6 is 0 Å². The Bertz CT molecular complexity index is 862. The molecule has 0 rings (SSSR count). The highest BCUT2D eigenvalue weighted by molar-refractivity contribution is 5.15. The molecule has 48 heavy (non-hydrogen) atoms. The third-order valence-electron chi connectivity index (χ3n) is 7.59. The SMILES string of the molecule is CC(C)CC(F)(F)C(F)(F)C(F)(F)C(F)(F)C(F)(F)C(F)(F)C(F)(F)C(F)(F)F.CCCCCCCCCCCCCCCCC(C)C. The van der Waals surface area contributed by atoms with Crippen molar-refractivity contribution in [3.05, 3.63) is 0 Å². The molecule has 0 aromatic heterocycles. The third kappa shape index (κ3) is 12.5. The van der Waals surface area contributed by atoms with Crippen molar-refractivity contribution in [2.45, 2.75) is 185 Å². The molecule has 0 aliphatic heterocycles. The van der Waals surface area contributed by atoms with Crippen molar-refractivity contribution in [2.24, 2.45) is 11.8 Å². The summed E-state index contributed by atoms with van der Waals surface area (Å²) >= 11 is 0. The van der Waals surface area contributed by atoms with Crippen LogP contribution in [0.15, 0.2) is 0 Å². The molecule has 0 N–H and O–H groups in total. The molecule has 0 aliphatic rings. The molecule has 0 saturated carbocycles. The van der Waals surface area contributed by atoms with Crippen LogP contribution in [0.4, 0.5) is 74.6 Å². The predicted octanol–water partition coefficient (Wildman–Crippen LogP) is 14.6. The number of rotatable bonds is 23. The van der Waals surface area contributed by atoms with Crippen molar-refractivity contribution < 1.29 is 74.6 Å². The Labute approximate surface area is 272 Å². The number of hydrogen-bond acceptors (Lipinski definition) is 0. The van der Waals surface area contributed by atoms with Crippen molar-refractivity contribution in [1.82, 2.24) is 0 Å². The zero-order valence-electron chi connectivity index (χ0n) is 27.9. The Kier molecular flexibility index (Phi) is 19.8. The topological polar surface area (TPSA) is 0 Å². The second-order valence-electron chi connectivity index (χ2n) is 13.0. The Balaban J connectivity index is 0. The van der Waals surface area contributed by atoms with Crippen LogP contribution in [0.2, 0.25) is 0 Å². The molecule has 0 amide bonds. The van der Waals surface area contributed by atoms with Crippen LogP contribution in [-0.2, 0) is 0 Å². The van der Waals surface area contributed by atoms with E-state index >= 15 is 0 Å². The minimum Gasteiger partial charge on any atom is -0.200 e. The molecule has 0 aromatic carbocycles. The van der Waals surface area contributed by atoms with Crippen molar-refractivity contribution in [2.75, 3.05) is 0 Å². The van der Waals surface area contributed by atoms with Gasteiger partial charge in [-0.15, -0.1) is 0 Å². The van der Waals surface area contributed by atoms with E-state index in [0.717, 1.165) is 5.92 Å². The van der Waals surface area contributed by atoms with Gasteiger partial charge in [0, 0.05) is 6.42 Å². The highest BCUT2D eigenvalue weighted by Crippen LogP contribution is 2.64. The van der Waals surface area contributed by atoms with E-state index in [2.05, 4.69) is 20.8 Å². The first-order valence-electron chi connectivity index (χ1n) is 16.1. The quantitative estimate of drug-likeness (QED) is 0.0722. The van der Waals surface area contributed by atoms with E-state index in [9.17, 15) is 74.6 Å². The zero-order valence-corrected chi connectivity index (χ0v) is 27.9. The average molecular weight is 745 g/mol. The summed E-state index contributed by atoms with van der Waals surface area (Å²) in [5.74, 6) is -56.5. The van der Waals surface area contributed by atoms with Gasteiger partial charge in [-0.25, -0.2) is 0 Å². The lowest BCUT2D eigenvalue weighted by Crippen LogP contribution is -2.74. The van der Waals surface area contributed by atoms with Gasteiger partial charge in [0.15, 0.2) is 0 Å². The van der Waals surface area contributed by atoms with E-state index < -0.39 is 60.0 Å². The van der Waals surface area contributed by atoms with Gasteiger partial charge in [0.25, 0.3) is 0 Å². The van der Waals surface area contributed by atoms with Crippen molar-refractivity contribution >= 4 is 0 Å². The highest BCUT2D eigenvalue weighted by atomic mass is 19.4. The van der Waals surface area contributed by atoms with Gasteiger partial charge < -0.3 is 0 Å². The molecule has 0 spiro atoms. The van der Waals surface area contributed by atoms with Crippen LogP contribution in [0.1, 0.15) is 137 Å². The standard InChI is InChI=1S/C19H40.C12H9F17/c1-4-5-6-7-8-9-10-11-12-13-14-15-16-17-18-19(2)3;1-4(2)3-5(13,14)6(15,16)7(17,18)8(19,20)9(21,22)10(23,24)11(25,26)12(27,28)29/h19H,4-18H2,1-3H3;4H,3H2,1-2H3. The van der Waals surface area contributed by atoms with Crippen LogP contribution < -0.4 is 0 Å². The molecule has 0 fully saturated rings. The van der Waals surface area contributed by atoms with Crippen LogP contribution in [0.5, 0.6) is 0 Å². The number of halogens is 17. The smallest absolute Gasteiger partial charge is 0.200 e. The summed E-state index contributed by atoms with van der Waals surface area (Å²) in [5, 5.41) is 0. The normalized spacial score (nSPS) is 14.5. The molecule has 17 heteroatoms. The number of hydrogen-bond donors (Lipinski definition) is 0. The maximum absolute atomic E-state index is 13.3. The minimum atomic E-state index is -8.57. The first kappa shape index (κ1) is 48.9. The van der Waals surface area contributed by atoms with E-state index in [1.54, 1.807) is 0 Å². The lowest BCUT2D eigenvalue weighted by atomic mass is 9.87. The molecule has 0 unspecified atom stereocenters. The molecule has 0 nitrogen and oxygen atoms in total. The molecular weight excluding hydrogens is 695 g/mol. The largest absolute Gasteiger partial charge is 0.460 e. The van der Waals surface area contributed by atoms with E-state index in [0.29, 0.717) is 13.8 Å². The van der Waals surface area contributed by atoms with E-state index in [-0.39, 0.29) is 0 Å². The number of alkyl halides is 17. The summed E-state index contributed by atoms with van der Waals surface area (Å²) in [7, 11) is 0. The Morgan fingerprint density at radius 1 is 0.333 bits per heavy atom. The van der Waals surface area contributed by atoms with Crippen LogP contribution in [0, 0.1) is 11.8 Å². The lowest BCUT2D eigenvalue weighted by Gasteiger charge is -2.43. The van der Waals surface area contributed by atoms with Gasteiger partial charge in [-0.3, -0.25) is 0 Å². The van der Waals surface area contributed by atoms with Gasteiger partial charge in [-0.05, 0) is 11.8 Å². The summed E-state index contributed by atoms with van der Waals surface area (Å²) in [6, 6.07) is 0. The maximum atomic E-state index is 13.3. The highest BCUT2D eigenvalue weighted by Gasteiger charge is 2.95. The molecule has 0 bridgehead atoms. The molecule has 0 radical (unpaired) electrons. The van der Waals surface area contributed by atoms with E-state index in [1.165, 1.54) is 96.3 Å². The first-order valence-corrected chi connectivity index (χ1v) is 16.1. The minimum absolute atomic E-state index is 0.632. The second-order valence-corrected chi connectivity index (χ2v) is 13.0. The van der Waals surface area contributed by atoms with Gasteiger partial charge in [-0.1, -0.05) is 131 Å². The monoisotopic (exact) mass is 744 g/mol. The average Bonchev–Trinajstić information content (AvgIpc) is 2.91. The van der Waals surface area contributed by atoms with Gasteiger partial charge in [-0.2, -0.15) is 74.6 Å². The van der Waals surface area contributed by atoms with Crippen molar-refractivity contribution in [3.63, 3.8) is 0 Å². The van der Waals surface area contributed by atoms with E-state index in [1.807, 2.05) is 0 Å². The fourth-order valence-corrected chi connectivity index (χ4v) is 4.58. The van der Waals surface area contributed by atoms with Gasteiger partial charge in [0.2, 0.25) is 0 Å². The fraction of sp³-hybridized carbons (Fsp3) is 1.00. The zero-order chi connectivity index (χ0) is 38.5. The van der Waals surface area contributed by atoms with Gasteiger partial charge in [0.1, 0.15) is 0 Å². The molecule has 0 aromatic rings. The molecule has 0 heterocycles. The predicted molar refractivity (Wildman–Crippen MR) is 150 cm³/mol. The maximum Gasteiger partial charge on any atom is 0.460 e. The molecule has 0 saturated heterocycles. The first-order chi connectivity index (χ1) is 21.4.